The average molecular weight is 284 g/mol. The van der Waals surface area contributed by atoms with Crippen molar-refractivity contribution in [2.24, 2.45) is 0 Å². The van der Waals surface area contributed by atoms with Crippen LogP contribution in [0.3, 0.4) is 0 Å². The first-order chi connectivity index (χ1) is 10.2. The minimum Gasteiger partial charge on any atom is -0.493 e. The molecule has 0 fully saturated rings. The van der Waals surface area contributed by atoms with E-state index in [1.165, 1.54) is 12.1 Å². The van der Waals surface area contributed by atoms with Crippen molar-refractivity contribution in [3.05, 3.63) is 53.3 Å². The van der Waals surface area contributed by atoms with E-state index in [4.69, 9.17) is 4.74 Å². The van der Waals surface area contributed by atoms with E-state index in [-0.39, 0.29) is 11.7 Å². The van der Waals surface area contributed by atoms with Gasteiger partial charge in [0.25, 0.3) is 5.91 Å². The van der Waals surface area contributed by atoms with Gasteiger partial charge < -0.3 is 15.4 Å². The lowest BCUT2D eigenvalue weighted by molar-refractivity contribution is -0.116. The number of hydrogen-bond acceptors (Lipinski definition) is 3. The van der Waals surface area contributed by atoms with Crippen molar-refractivity contribution in [3.8, 4) is 5.75 Å². The van der Waals surface area contributed by atoms with Crippen LogP contribution in [-0.2, 0) is 11.2 Å². The molecule has 1 atom stereocenters. The third kappa shape index (κ3) is 2.01. The number of ether oxygens (including phenoxy) is 1. The second-order valence-corrected chi connectivity index (χ2v) is 5.22. The molecule has 1 unspecified atom stereocenters. The van der Waals surface area contributed by atoms with Gasteiger partial charge in [0, 0.05) is 23.4 Å². The van der Waals surface area contributed by atoms with Crippen molar-refractivity contribution in [1.29, 1.82) is 0 Å². The molecule has 0 spiro atoms. The van der Waals surface area contributed by atoms with E-state index in [0.717, 1.165) is 23.4 Å². The van der Waals surface area contributed by atoms with Crippen molar-refractivity contribution in [1.82, 2.24) is 0 Å². The number of hydrogen-bond donors (Lipinski definition) is 2. The van der Waals surface area contributed by atoms with E-state index in [9.17, 15) is 9.18 Å². The first-order valence-corrected chi connectivity index (χ1v) is 6.83. The third-order valence-electron chi connectivity index (χ3n) is 3.85. The van der Waals surface area contributed by atoms with Crippen LogP contribution in [0.2, 0.25) is 0 Å². The molecule has 0 bridgehead atoms. The van der Waals surface area contributed by atoms with E-state index in [1.807, 2.05) is 18.2 Å². The Morgan fingerprint density at radius 2 is 2.14 bits per heavy atom. The summed E-state index contributed by atoms with van der Waals surface area (Å²) < 4.78 is 18.9. The molecule has 2 heterocycles. The number of amides is 1. The van der Waals surface area contributed by atoms with E-state index in [2.05, 4.69) is 10.6 Å². The summed E-state index contributed by atoms with van der Waals surface area (Å²) >= 11 is 0. The van der Waals surface area contributed by atoms with Gasteiger partial charge in [-0.25, -0.2) is 4.39 Å². The fourth-order valence-electron chi connectivity index (χ4n) is 2.82. The van der Waals surface area contributed by atoms with Gasteiger partial charge in [-0.1, -0.05) is 0 Å². The lowest BCUT2D eigenvalue weighted by Gasteiger charge is -2.14. The topological polar surface area (TPSA) is 50.4 Å². The average Bonchev–Trinajstić information content (AvgIpc) is 3.04. The first-order valence-electron chi connectivity index (χ1n) is 6.83. The molecule has 21 heavy (non-hydrogen) atoms. The van der Waals surface area contributed by atoms with Gasteiger partial charge in [-0.2, -0.15) is 0 Å². The summed E-state index contributed by atoms with van der Waals surface area (Å²) in [5, 5.41) is 5.92. The molecule has 106 valence electrons. The Labute approximate surface area is 120 Å². The molecular weight excluding hydrogens is 271 g/mol. The molecule has 0 radical (unpaired) electrons. The van der Waals surface area contributed by atoms with Crippen LogP contribution < -0.4 is 15.4 Å². The number of benzene rings is 2. The second-order valence-electron chi connectivity index (χ2n) is 5.22. The summed E-state index contributed by atoms with van der Waals surface area (Å²) in [5.74, 6) is 0.370. The van der Waals surface area contributed by atoms with E-state index < -0.39 is 6.04 Å². The summed E-state index contributed by atoms with van der Waals surface area (Å²) in [4.78, 5) is 12.1. The van der Waals surface area contributed by atoms with Gasteiger partial charge in [-0.3, -0.25) is 4.79 Å². The number of rotatable bonds is 2. The largest absolute Gasteiger partial charge is 0.493 e. The van der Waals surface area contributed by atoms with Crippen LogP contribution in [0.4, 0.5) is 15.8 Å². The maximum Gasteiger partial charge on any atom is 0.251 e. The summed E-state index contributed by atoms with van der Waals surface area (Å²) in [6, 6.07) is 9.48. The highest BCUT2D eigenvalue weighted by atomic mass is 19.1. The Balaban J connectivity index is 1.66. The minimum absolute atomic E-state index is 0.174. The second kappa shape index (κ2) is 4.48. The molecule has 2 aromatic rings. The Morgan fingerprint density at radius 1 is 1.24 bits per heavy atom. The van der Waals surface area contributed by atoms with Crippen LogP contribution in [0.25, 0.3) is 0 Å². The molecular formula is C16H13FN2O2. The van der Waals surface area contributed by atoms with Crippen LogP contribution in [0, 0.1) is 5.82 Å². The van der Waals surface area contributed by atoms with Crippen molar-refractivity contribution in [2.75, 3.05) is 17.2 Å². The van der Waals surface area contributed by atoms with E-state index in [1.54, 1.807) is 6.07 Å². The lowest BCUT2D eigenvalue weighted by Crippen LogP contribution is -2.19. The highest BCUT2D eigenvalue weighted by Gasteiger charge is 2.31. The maximum absolute atomic E-state index is 13.4. The van der Waals surface area contributed by atoms with Crippen molar-refractivity contribution in [2.45, 2.75) is 12.5 Å². The number of anilines is 2. The first kappa shape index (κ1) is 12.2. The molecule has 0 aromatic heterocycles. The molecule has 0 saturated carbocycles. The number of nitrogens with one attached hydrogen (secondary N) is 2. The molecule has 5 heteroatoms. The Hall–Kier alpha value is -2.56. The Kier molecular flexibility index (Phi) is 2.60. The third-order valence-corrected chi connectivity index (χ3v) is 3.85. The van der Waals surface area contributed by atoms with Gasteiger partial charge in [0.15, 0.2) is 0 Å². The fraction of sp³-hybridized carbons (Fsp3) is 0.188. The zero-order valence-electron chi connectivity index (χ0n) is 11.2. The van der Waals surface area contributed by atoms with Crippen molar-refractivity contribution < 1.29 is 13.9 Å². The van der Waals surface area contributed by atoms with Crippen LogP contribution in [-0.4, -0.2) is 12.5 Å². The lowest BCUT2D eigenvalue weighted by atomic mass is 10.1. The SMILES string of the molecule is O=C1Nc2ccc(F)cc2C1Nc1ccc2c(c1)CCO2. The summed E-state index contributed by atoms with van der Waals surface area (Å²) in [7, 11) is 0. The number of fused-ring (bicyclic) bond motifs is 2. The minimum atomic E-state index is -0.573. The van der Waals surface area contributed by atoms with Gasteiger partial charge >= 0.3 is 0 Å². The summed E-state index contributed by atoms with van der Waals surface area (Å²) in [6.07, 6.45) is 0.868. The van der Waals surface area contributed by atoms with Gasteiger partial charge in [0.05, 0.1) is 6.61 Å². The number of halogens is 1. The molecule has 4 nitrogen and oxygen atoms in total. The monoisotopic (exact) mass is 284 g/mol. The van der Waals surface area contributed by atoms with Crippen LogP contribution in [0.1, 0.15) is 17.2 Å². The van der Waals surface area contributed by atoms with Crippen molar-refractivity contribution >= 4 is 17.3 Å². The zero-order valence-corrected chi connectivity index (χ0v) is 11.2. The quantitative estimate of drug-likeness (QED) is 0.891. The summed E-state index contributed by atoms with van der Waals surface area (Å²) in [5.41, 5.74) is 3.24. The highest BCUT2D eigenvalue weighted by Crippen LogP contribution is 2.35. The smallest absolute Gasteiger partial charge is 0.251 e. The fourth-order valence-corrected chi connectivity index (χ4v) is 2.82. The number of carbonyl (C=O) groups excluding carboxylic acids is 1. The highest BCUT2D eigenvalue weighted by molar-refractivity contribution is 6.04. The van der Waals surface area contributed by atoms with Crippen LogP contribution in [0.5, 0.6) is 5.75 Å². The number of carbonyl (C=O) groups is 1. The molecule has 2 aromatic carbocycles. The van der Waals surface area contributed by atoms with Crippen LogP contribution >= 0.6 is 0 Å². The Morgan fingerprint density at radius 3 is 3.05 bits per heavy atom. The van der Waals surface area contributed by atoms with E-state index >= 15 is 0 Å². The van der Waals surface area contributed by atoms with E-state index in [0.29, 0.717) is 17.9 Å². The van der Waals surface area contributed by atoms with Crippen molar-refractivity contribution in [3.63, 3.8) is 0 Å². The Bertz CT molecular complexity index is 745. The predicted molar refractivity (Wildman–Crippen MR) is 77.0 cm³/mol. The van der Waals surface area contributed by atoms with Gasteiger partial charge in [0.2, 0.25) is 0 Å². The predicted octanol–water partition coefficient (Wildman–Crippen LogP) is 2.87. The molecule has 2 N–H and O–H groups in total. The molecule has 4 rings (SSSR count). The maximum atomic E-state index is 13.4. The standard InChI is InChI=1S/C16H13FN2O2/c17-10-1-3-13-12(8-10)15(16(20)19-13)18-11-2-4-14-9(7-11)5-6-21-14/h1-4,7-8,15,18H,5-6H2,(H,19,20). The van der Waals surface area contributed by atoms with Gasteiger partial charge in [0.1, 0.15) is 17.6 Å². The molecule has 2 aliphatic rings. The summed E-state index contributed by atoms with van der Waals surface area (Å²) in [6.45, 7) is 0.691. The van der Waals surface area contributed by atoms with Crippen LogP contribution in [0.15, 0.2) is 36.4 Å². The molecule has 2 aliphatic heterocycles. The molecule has 1 amide bonds. The van der Waals surface area contributed by atoms with Gasteiger partial charge in [-0.15, -0.1) is 0 Å². The molecule has 0 saturated heterocycles. The molecule has 0 aliphatic carbocycles. The zero-order chi connectivity index (χ0) is 14.4. The normalized spacial score (nSPS) is 18.7. The van der Waals surface area contributed by atoms with Gasteiger partial charge in [-0.05, 0) is 42.0 Å².